The summed E-state index contributed by atoms with van der Waals surface area (Å²) in [4.78, 5) is 36.9. The molecule has 0 saturated carbocycles. The molecule has 0 aliphatic rings. The summed E-state index contributed by atoms with van der Waals surface area (Å²) in [5.41, 5.74) is -0.171. The Hall–Kier alpha value is -4.15. The predicted octanol–water partition coefficient (Wildman–Crippen LogP) is 3.41. The standard InChI is InChI=1S/C22H19F3N4O4/c1-29-18(6-7-27-29)20(31)26-12-13-8-15(21(32)33-2)11-17(9-13)28-19(30)14-4-3-5-16(10-14)22(23,24)25/h3-11H,12H2,1-2H3,(H,26,31)(H,28,30). The van der Waals surface area contributed by atoms with Gasteiger partial charge in [-0.2, -0.15) is 18.3 Å². The molecule has 0 fully saturated rings. The molecule has 3 aromatic rings. The number of amides is 2. The number of benzene rings is 2. The smallest absolute Gasteiger partial charge is 0.416 e. The number of methoxy groups -OCH3 is 1. The average molecular weight is 460 g/mol. The SMILES string of the molecule is COC(=O)c1cc(CNC(=O)c2ccnn2C)cc(NC(=O)c2cccc(C(F)(F)F)c2)c1. The molecule has 3 rings (SSSR count). The Morgan fingerprint density at radius 3 is 2.42 bits per heavy atom. The van der Waals surface area contributed by atoms with Gasteiger partial charge in [0, 0.05) is 31.0 Å². The van der Waals surface area contributed by atoms with Crippen LogP contribution < -0.4 is 10.6 Å². The number of aryl methyl sites for hydroxylation is 1. The van der Waals surface area contributed by atoms with Crippen LogP contribution in [0.1, 0.15) is 42.3 Å². The van der Waals surface area contributed by atoms with E-state index in [1.807, 2.05) is 0 Å². The summed E-state index contributed by atoms with van der Waals surface area (Å²) in [5.74, 6) is -1.90. The minimum atomic E-state index is -4.60. The van der Waals surface area contributed by atoms with Crippen LogP contribution in [0.25, 0.3) is 0 Å². The van der Waals surface area contributed by atoms with Crippen LogP contribution in [0, 0.1) is 0 Å². The number of carbonyl (C=O) groups excluding carboxylic acids is 3. The molecule has 2 aromatic carbocycles. The van der Waals surface area contributed by atoms with Gasteiger partial charge < -0.3 is 15.4 Å². The maximum Gasteiger partial charge on any atom is 0.416 e. The second-order valence-electron chi connectivity index (χ2n) is 6.97. The van der Waals surface area contributed by atoms with Crippen molar-refractivity contribution in [2.24, 2.45) is 7.05 Å². The number of hydrogen-bond acceptors (Lipinski definition) is 5. The van der Waals surface area contributed by atoms with Crippen molar-refractivity contribution in [2.75, 3.05) is 12.4 Å². The van der Waals surface area contributed by atoms with Gasteiger partial charge in [-0.15, -0.1) is 0 Å². The van der Waals surface area contributed by atoms with Gasteiger partial charge >= 0.3 is 12.1 Å². The topological polar surface area (TPSA) is 102 Å². The first-order valence-electron chi connectivity index (χ1n) is 9.55. The van der Waals surface area contributed by atoms with Crippen molar-refractivity contribution < 1.29 is 32.3 Å². The minimum Gasteiger partial charge on any atom is -0.465 e. The number of carbonyl (C=O) groups is 3. The van der Waals surface area contributed by atoms with Crippen LogP contribution in [0.3, 0.4) is 0 Å². The lowest BCUT2D eigenvalue weighted by atomic mass is 10.1. The lowest BCUT2D eigenvalue weighted by Gasteiger charge is -2.12. The molecular weight excluding hydrogens is 441 g/mol. The number of alkyl halides is 3. The van der Waals surface area contributed by atoms with E-state index in [-0.39, 0.29) is 23.4 Å². The van der Waals surface area contributed by atoms with Crippen LogP contribution in [0.4, 0.5) is 18.9 Å². The van der Waals surface area contributed by atoms with Crippen LogP contribution in [0.2, 0.25) is 0 Å². The van der Waals surface area contributed by atoms with Gasteiger partial charge in [0.15, 0.2) is 0 Å². The number of nitrogens with one attached hydrogen (secondary N) is 2. The van der Waals surface area contributed by atoms with E-state index in [0.29, 0.717) is 11.3 Å². The van der Waals surface area contributed by atoms with E-state index in [1.54, 1.807) is 7.05 Å². The Morgan fingerprint density at radius 1 is 1.03 bits per heavy atom. The van der Waals surface area contributed by atoms with Crippen LogP contribution in [0.5, 0.6) is 0 Å². The van der Waals surface area contributed by atoms with Crippen LogP contribution in [-0.2, 0) is 24.5 Å². The van der Waals surface area contributed by atoms with E-state index in [1.165, 1.54) is 48.3 Å². The van der Waals surface area contributed by atoms with Crippen molar-refractivity contribution in [2.45, 2.75) is 12.7 Å². The molecule has 0 atom stereocenters. The average Bonchev–Trinajstić information content (AvgIpc) is 3.22. The third kappa shape index (κ3) is 5.76. The van der Waals surface area contributed by atoms with Crippen LogP contribution in [0.15, 0.2) is 54.7 Å². The van der Waals surface area contributed by atoms with Gasteiger partial charge in [-0.3, -0.25) is 14.3 Å². The molecule has 8 nitrogen and oxygen atoms in total. The van der Waals surface area contributed by atoms with Gasteiger partial charge in [-0.1, -0.05) is 6.07 Å². The number of ether oxygens (including phenoxy) is 1. The fourth-order valence-corrected chi connectivity index (χ4v) is 3.01. The van der Waals surface area contributed by atoms with E-state index in [2.05, 4.69) is 15.7 Å². The van der Waals surface area contributed by atoms with Gasteiger partial charge in [0.25, 0.3) is 11.8 Å². The third-order valence-corrected chi connectivity index (χ3v) is 4.63. The fraction of sp³-hybridized carbons (Fsp3) is 0.182. The summed E-state index contributed by atoms with van der Waals surface area (Å²) in [6, 6.07) is 9.76. The summed E-state index contributed by atoms with van der Waals surface area (Å²) >= 11 is 0. The highest BCUT2D eigenvalue weighted by molar-refractivity contribution is 6.05. The second-order valence-corrected chi connectivity index (χ2v) is 6.97. The van der Waals surface area contributed by atoms with Crippen molar-refractivity contribution >= 4 is 23.5 Å². The molecule has 1 aromatic heterocycles. The van der Waals surface area contributed by atoms with Gasteiger partial charge in [0.2, 0.25) is 0 Å². The molecule has 0 spiro atoms. The van der Waals surface area contributed by atoms with E-state index in [9.17, 15) is 27.6 Å². The van der Waals surface area contributed by atoms with Crippen LogP contribution in [-0.4, -0.2) is 34.7 Å². The first-order valence-corrected chi connectivity index (χ1v) is 9.55. The number of hydrogen-bond donors (Lipinski definition) is 2. The Bertz CT molecular complexity index is 1200. The first-order chi connectivity index (χ1) is 15.6. The van der Waals surface area contributed by atoms with Crippen molar-refractivity contribution in [3.63, 3.8) is 0 Å². The quantitative estimate of drug-likeness (QED) is 0.549. The van der Waals surface area contributed by atoms with Crippen molar-refractivity contribution in [1.82, 2.24) is 15.1 Å². The molecule has 1 heterocycles. The number of anilines is 1. The molecule has 0 radical (unpaired) electrons. The van der Waals surface area contributed by atoms with E-state index >= 15 is 0 Å². The Morgan fingerprint density at radius 2 is 1.79 bits per heavy atom. The molecule has 172 valence electrons. The lowest BCUT2D eigenvalue weighted by molar-refractivity contribution is -0.137. The minimum absolute atomic E-state index is 0.00127. The lowest BCUT2D eigenvalue weighted by Crippen LogP contribution is -2.25. The summed E-state index contributed by atoms with van der Waals surface area (Å²) < 4.78 is 44.9. The molecule has 11 heteroatoms. The molecule has 0 aliphatic carbocycles. The number of esters is 1. The molecular formula is C22H19F3N4O4. The largest absolute Gasteiger partial charge is 0.465 e. The van der Waals surface area contributed by atoms with Gasteiger partial charge in [-0.25, -0.2) is 4.79 Å². The number of rotatable bonds is 6. The Labute approximate surface area is 186 Å². The molecule has 2 amide bonds. The number of aromatic nitrogens is 2. The zero-order chi connectivity index (χ0) is 24.2. The van der Waals surface area contributed by atoms with Crippen molar-refractivity contribution in [1.29, 1.82) is 0 Å². The van der Waals surface area contributed by atoms with Gasteiger partial charge in [0.1, 0.15) is 5.69 Å². The molecule has 33 heavy (non-hydrogen) atoms. The summed E-state index contributed by atoms with van der Waals surface area (Å²) in [6.07, 6.45) is -3.13. The maximum absolute atomic E-state index is 12.9. The van der Waals surface area contributed by atoms with E-state index in [0.717, 1.165) is 18.2 Å². The molecule has 2 N–H and O–H groups in total. The van der Waals surface area contributed by atoms with Crippen molar-refractivity contribution in [3.05, 3.63) is 82.7 Å². The highest BCUT2D eigenvalue weighted by Crippen LogP contribution is 2.29. The highest BCUT2D eigenvalue weighted by Gasteiger charge is 2.31. The molecule has 0 unspecified atom stereocenters. The number of nitrogens with zero attached hydrogens (tertiary/aromatic N) is 2. The fourth-order valence-electron chi connectivity index (χ4n) is 3.01. The summed E-state index contributed by atoms with van der Waals surface area (Å²) in [6.45, 7) is 0.00127. The highest BCUT2D eigenvalue weighted by atomic mass is 19.4. The maximum atomic E-state index is 12.9. The second kappa shape index (κ2) is 9.55. The van der Waals surface area contributed by atoms with Crippen molar-refractivity contribution in [3.8, 4) is 0 Å². The first kappa shape index (κ1) is 23.5. The monoisotopic (exact) mass is 460 g/mol. The van der Waals surface area contributed by atoms with Gasteiger partial charge in [-0.05, 0) is 48.0 Å². The van der Waals surface area contributed by atoms with E-state index in [4.69, 9.17) is 4.74 Å². The normalized spacial score (nSPS) is 11.1. The summed E-state index contributed by atoms with van der Waals surface area (Å²) in [5, 5.41) is 9.07. The third-order valence-electron chi connectivity index (χ3n) is 4.63. The van der Waals surface area contributed by atoms with E-state index < -0.39 is 29.5 Å². The van der Waals surface area contributed by atoms with Gasteiger partial charge in [0.05, 0.1) is 18.2 Å². The number of halogens is 3. The Kier molecular flexibility index (Phi) is 6.80. The zero-order valence-corrected chi connectivity index (χ0v) is 17.6. The Balaban J connectivity index is 1.82. The summed E-state index contributed by atoms with van der Waals surface area (Å²) in [7, 11) is 2.79. The molecule has 0 bridgehead atoms. The predicted molar refractivity (Wildman–Crippen MR) is 112 cm³/mol. The molecule has 0 aliphatic heterocycles. The zero-order valence-electron chi connectivity index (χ0n) is 17.6. The van der Waals surface area contributed by atoms with Crippen LogP contribution >= 0.6 is 0 Å². The molecule has 0 saturated heterocycles.